The van der Waals surface area contributed by atoms with Gasteiger partial charge in [0.25, 0.3) is 5.91 Å². The maximum absolute atomic E-state index is 12.8. The highest BCUT2D eigenvalue weighted by Gasteiger charge is 2.15. The third-order valence-electron chi connectivity index (χ3n) is 5.03. The van der Waals surface area contributed by atoms with E-state index < -0.39 is 0 Å². The Balaban J connectivity index is 2.00. The number of aromatic nitrogens is 1. The lowest BCUT2D eigenvalue weighted by Crippen LogP contribution is -2.25. The largest absolute Gasteiger partial charge is 0.475 e. The molecule has 0 radical (unpaired) electrons. The van der Waals surface area contributed by atoms with Crippen molar-refractivity contribution in [3.8, 4) is 5.88 Å². The first-order valence-electron chi connectivity index (χ1n) is 11.4. The molecule has 0 bridgehead atoms. The average Bonchev–Trinajstić information content (AvgIpc) is 2.80. The molecule has 34 heavy (non-hydrogen) atoms. The molecule has 1 aromatic rings. The van der Waals surface area contributed by atoms with Gasteiger partial charge in [-0.1, -0.05) is 43.0 Å². The number of nitrogens with zero attached hydrogens (tertiary/aromatic N) is 1. The molecule has 0 fully saturated rings. The van der Waals surface area contributed by atoms with E-state index in [2.05, 4.69) is 23.8 Å². The second-order valence-corrected chi connectivity index (χ2v) is 8.92. The van der Waals surface area contributed by atoms with Crippen LogP contribution in [0.2, 0.25) is 0 Å². The van der Waals surface area contributed by atoms with E-state index in [1.807, 2.05) is 31.2 Å². The van der Waals surface area contributed by atoms with Crippen molar-refractivity contribution in [1.29, 1.82) is 0 Å². The molecule has 1 aliphatic rings. The quantitative estimate of drug-likeness (QED) is 0.302. The summed E-state index contributed by atoms with van der Waals surface area (Å²) in [5, 5.41) is 4.65. The number of ether oxygens (including phenoxy) is 2. The molecular weight excluding hydrogens is 448 g/mol. The molecule has 0 atom stereocenters. The van der Waals surface area contributed by atoms with E-state index in [1.54, 1.807) is 24.6 Å². The standard InChI is InChI=1S/C27H34N2O4S/c1-6-14-32-15-16-33-26-17-23(12-13-28-26)22(5)34-18-20(3)27(31)29-25-9-7-8-19(2)10-11-24(25)21(4)30/h7-9,12-13,17-18H,5-6,10-11,14-16H2,1-4H3,(H,29,31)/b9-7-,19-8+,20-18+,25-24-. The van der Waals surface area contributed by atoms with Crippen LogP contribution in [0.15, 0.2) is 71.0 Å². The molecule has 6 nitrogen and oxygen atoms in total. The predicted molar refractivity (Wildman–Crippen MR) is 139 cm³/mol. The molecule has 7 heteroatoms. The van der Waals surface area contributed by atoms with Gasteiger partial charge >= 0.3 is 0 Å². The van der Waals surface area contributed by atoms with Gasteiger partial charge in [0.05, 0.1) is 6.61 Å². The van der Waals surface area contributed by atoms with E-state index in [0.717, 1.165) is 23.3 Å². The van der Waals surface area contributed by atoms with Gasteiger partial charge < -0.3 is 14.8 Å². The van der Waals surface area contributed by atoms with Gasteiger partial charge in [-0.15, -0.1) is 0 Å². The van der Waals surface area contributed by atoms with Gasteiger partial charge in [0, 0.05) is 40.6 Å². The smallest absolute Gasteiger partial charge is 0.251 e. The van der Waals surface area contributed by atoms with E-state index in [-0.39, 0.29) is 11.7 Å². The van der Waals surface area contributed by atoms with E-state index in [9.17, 15) is 9.59 Å². The number of Topliss-reactive ketones (excluding diaryl/α,β-unsaturated/α-hetero) is 1. The summed E-state index contributed by atoms with van der Waals surface area (Å²) in [6, 6.07) is 3.66. The van der Waals surface area contributed by atoms with Crippen LogP contribution in [0.3, 0.4) is 0 Å². The number of pyridine rings is 1. The van der Waals surface area contributed by atoms with Crippen LogP contribution in [0.5, 0.6) is 5.88 Å². The van der Waals surface area contributed by atoms with Crippen LogP contribution in [0.1, 0.15) is 52.5 Å². The van der Waals surface area contributed by atoms with Crippen molar-refractivity contribution in [2.24, 2.45) is 0 Å². The average molecular weight is 483 g/mol. The first kappa shape index (κ1) is 27.3. The lowest BCUT2D eigenvalue weighted by atomic mass is 9.98. The van der Waals surface area contributed by atoms with Gasteiger partial charge in [-0.3, -0.25) is 9.59 Å². The Kier molecular flexibility index (Phi) is 11.6. The molecule has 2 rings (SSSR count). The Morgan fingerprint density at radius 1 is 1.24 bits per heavy atom. The van der Waals surface area contributed by atoms with Gasteiger partial charge in [-0.2, -0.15) is 0 Å². The monoisotopic (exact) mass is 482 g/mol. The number of rotatable bonds is 12. The van der Waals surface area contributed by atoms with Crippen molar-refractivity contribution in [3.05, 3.63) is 76.5 Å². The molecule has 0 aromatic carbocycles. The van der Waals surface area contributed by atoms with Crippen molar-refractivity contribution in [1.82, 2.24) is 10.3 Å². The van der Waals surface area contributed by atoms with Gasteiger partial charge in [-0.25, -0.2) is 4.98 Å². The lowest BCUT2D eigenvalue weighted by molar-refractivity contribution is -0.116. The van der Waals surface area contributed by atoms with Crippen LogP contribution in [0.25, 0.3) is 4.91 Å². The number of ketones is 1. The second kappa shape index (κ2) is 14.4. The Morgan fingerprint density at radius 3 is 2.76 bits per heavy atom. The second-order valence-electron chi connectivity index (χ2n) is 7.96. The normalized spacial score (nSPS) is 18.8. The molecule has 0 unspecified atom stereocenters. The molecule has 182 valence electrons. The number of carbonyl (C=O) groups excluding carboxylic acids is 2. The summed E-state index contributed by atoms with van der Waals surface area (Å²) in [7, 11) is 0. The molecule has 1 N–H and O–H groups in total. The highest BCUT2D eigenvalue weighted by Crippen LogP contribution is 2.29. The summed E-state index contributed by atoms with van der Waals surface area (Å²) in [5.74, 6) is 0.208. The zero-order chi connectivity index (χ0) is 24.9. The van der Waals surface area contributed by atoms with Gasteiger partial charge in [0.2, 0.25) is 5.88 Å². The van der Waals surface area contributed by atoms with Crippen molar-refractivity contribution in [2.75, 3.05) is 19.8 Å². The van der Waals surface area contributed by atoms with Crippen molar-refractivity contribution in [3.63, 3.8) is 0 Å². The Labute approximate surface area is 206 Å². The van der Waals surface area contributed by atoms with Gasteiger partial charge in [0.15, 0.2) is 5.78 Å². The van der Waals surface area contributed by atoms with Crippen molar-refractivity contribution in [2.45, 2.75) is 47.0 Å². The number of hydrogen-bond acceptors (Lipinski definition) is 6. The van der Waals surface area contributed by atoms with Crippen LogP contribution in [-0.4, -0.2) is 36.5 Å². The molecular formula is C27H34N2O4S. The molecule has 1 amide bonds. The molecule has 1 aliphatic carbocycles. The predicted octanol–water partition coefficient (Wildman–Crippen LogP) is 5.75. The topological polar surface area (TPSA) is 77.5 Å². The summed E-state index contributed by atoms with van der Waals surface area (Å²) in [6.45, 7) is 13.1. The van der Waals surface area contributed by atoms with Gasteiger partial charge in [-0.05, 0) is 63.1 Å². The van der Waals surface area contributed by atoms with E-state index in [1.165, 1.54) is 24.3 Å². The highest BCUT2D eigenvalue weighted by molar-refractivity contribution is 8.10. The fourth-order valence-electron chi connectivity index (χ4n) is 3.05. The van der Waals surface area contributed by atoms with E-state index >= 15 is 0 Å². The number of carbonyl (C=O) groups is 2. The molecule has 1 aromatic heterocycles. The molecule has 0 aliphatic heterocycles. The van der Waals surface area contributed by atoms with Crippen molar-refractivity contribution < 1.29 is 19.1 Å². The molecule has 1 heterocycles. The summed E-state index contributed by atoms with van der Waals surface area (Å²) in [4.78, 5) is 29.9. The van der Waals surface area contributed by atoms with Crippen LogP contribution >= 0.6 is 11.8 Å². The van der Waals surface area contributed by atoms with Crippen LogP contribution in [0.4, 0.5) is 0 Å². The molecule has 0 spiro atoms. The number of amides is 1. The minimum absolute atomic E-state index is 0.0355. The zero-order valence-electron chi connectivity index (χ0n) is 20.5. The highest BCUT2D eigenvalue weighted by atomic mass is 32.2. The summed E-state index contributed by atoms with van der Waals surface area (Å²) in [5.41, 5.74) is 3.76. The summed E-state index contributed by atoms with van der Waals surface area (Å²) in [6.07, 6.45) is 9.66. The maximum Gasteiger partial charge on any atom is 0.251 e. The van der Waals surface area contributed by atoms with Gasteiger partial charge in [0.1, 0.15) is 6.61 Å². The third-order valence-corrected chi connectivity index (χ3v) is 6.02. The zero-order valence-corrected chi connectivity index (χ0v) is 21.3. The Hall–Kier alpha value is -2.90. The van der Waals surface area contributed by atoms with Crippen molar-refractivity contribution >= 4 is 28.4 Å². The molecule has 0 saturated carbocycles. The number of nitrogens with one attached hydrogen (secondary N) is 1. The van der Waals surface area contributed by atoms with E-state index in [0.29, 0.717) is 49.0 Å². The third kappa shape index (κ3) is 9.15. The van der Waals surface area contributed by atoms with Crippen LogP contribution in [-0.2, 0) is 14.3 Å². The Morgan fingerprint density at radius 2 is 2.03 bits per heavy atom. The number of allylic oxidation sites excluding steroid dienone is 5. The number of hydrogen-bond donors (Lipinski definition) is 1. The van der Waals surface area contributed by atoms with Crippen LogP contribution < -0.4 is 10.1 Å². The summed E-state index contributed by atoms with van der Waals surface area (Å²) >= 11 is 1.35. The SMILES string of the molecule is C=C(S/C=C(\C)C(=O)NC1=C(\C(C)=O)CC/C(C)=C/C=C\1)c1ccnc(OCCOCCC)c1. The minimum Gasteiger partial charge on any atom is -0.475 e. The fourth-order valence-corrected chi connectivity index (χ4v) is 3.74. The summed E-state index contributed by atoms with van der Waals surface area (Å²) < 4.78 is 11.1. The molecule has 0 saturated heterocycles. The Bertz CT molecular complexity index is 1020. The lowest BCUT2D eigenvalue weighted by Gasteiger charge is -2.14. The first-order valence-corrected chi connectivity index (χ1v) is 12.3. The maximum atomic E-state index is 12.8. The van der Waals surface area contributed by atoms with E-state index in [4.69, 9.17) is 9.47 Å². The fraction of sp³-hybridized carbons (Fsp3) is 0.370. The minimum atomic E-state index is -0.259. The number of thioether (sulfide) groups is 1. The first-order chi connectivity index (χ1) is 16.3. The van der Waals surface area contributed by atoms with Crippen LogP contribution in [0, 0.1) is 0 Å².